The van der Waals surface area contributed by atoms with E-state index in [0.29, 0.717) is 69.3 Å². The molecule has 2 fully saturated rings. The number of aromatic nitrogens is 3. The normalized spacial score (nSPS) is 18.2. The lowest BCUT2D eigenvalue weighted by Gasteiger charge is -2.35. The zero-order valence-corrected chi connectivity index (χ0v) is 53.9. The van der Waals surface area contributed by atoms with E-state index in [1.807, 2.05) is 176 Å². The highest BCUT2D eigenvalue weighted by Crippen LogP contribution is 2.39. The molecule has 2 N–H and O–H groups in total. The highest BCUT2D eigenvalue weighted by atomic mass is 35.5. The van der Waals surface area contributed by atoms with Crippen LogP contribution in [0.3, 0.4) is 0 Å². The van der Waals surface area contributed by atoms with E-state index in [2.05, 4.69) is 62.5 Å². The number of allylic oxidation sites excluding steroid dienone is 2. The molecule has 0 radical (unpaired) electrons. The lowest BCUT2D eigenvalue weighted by Crippen LogP contribution is -2.43. The van der Waals surface area contributed by atoms with Gasteiger partial charge in [0.2, 0.25) is 5.91 Å². The standard InChI is InChI=1S/C26H32ClN3O2.C26H28N2O2.C23H19ClN4O/c1-18(2)28-25(31)16-19-8-7-15-30(24-10-4-3-9-21(19)24)26(32)22-12-11-20(17-23(22)27)29-13-5-6-14-29;1-18-9-7-17-28(24-12-6-5-10-22(18)24)26(30)20-13-15-21(16-14-20)27-25(29)23-11-4-3-8-19(23)2;1-16-10-12-28(25-16)18-8-9-20(21(24)13-18)23(29)27-15-19-6-4-11-26(19)14-17-5-2-3-7-22(17)27/h3-4,9-12,17-19H,5-8,13-16H2,1-2H3,(H,28,31);3-6,8,10-16,18,22,24H,7,9,17H2,1-2H3,(H,27,29);2-13H,14-15H2,1H3/t19-;;/m1../s1. The molecule has 4 aliphatic heterocycles. The van der Waals surface area contributed by atoms with E-state index in [9.17, 15) is 24.0 Å². The fourth-order valence-corrected chi connectivity index (χ4v) is 13.7. The van der Waals surface area contributed by atoms with Crippen LogP contribution in [0.15, 0.2) is 188 Å². The minimum Gasteiger partial charge on any atom is -0.371 e. The number of aryl methyl sites for hydroxylation is 2. The summed E-state index contributed by atoms with van der Waals surface area (Å²) in [4.78, 5) is 73.4. The molecule has 1 aliphatic carbocycles. The van der Waals surface area contributed by atoms with Crippen LogP contribution in [-0.4, -0.2) is 87.0 Å². The highest BCUT2D eigenvalue weighted by Gasteiger charge is 2.35. The van der Waals surface area contributed by atoms with Crippen LogP contribution in [0.5, 0.6) is 0 Å². The molecule has 6 heterocycles. The number of para-hydroxylation sites is 2. The van der Waals surface area contributed by atoms with E-state index < -0.39 is 0 Å². The summed E-state index contributed by atoms with van der Waals surface area (Å²) in [6.45, 7) is 14.8. The molecule has 0 spiro atoms. The van der Waals surface area contributed by atoms with Gasteiger partial charge in [-0.15, -0.1) is 0 Å². The number of fused-ring (bicyclic) bond motifs is 4. The average Bonchev–Trinajstić information content (AvgIpc) is 2.84. The largest absolute Gasteiger partial charge is 0.371 e. The molecule has 13 rings (SSSR count). The third-order valence-electron chi connectivity index (χ3n) is 17.9. The summed E-state index contributed by atoms with van der Waals surface area (Å²) in [5.41, 5.74) is 11.8. The molecule has 91 heavy (non-hydrogen) atoms. The van der Waals surface area contributed by atoms with Crippen LogP contribution in [0.4, 0.5) is 22.7 Å². The van der Waals surface area contributed by atoms with Gasteiger partial charge in [-0.1, -0.05) is 109 Å². The molecule has 2 saturated heterocycles. The third kappa shape index (κ3) is 14.8. The van der Waals surface area contributed by atoms with E-state index >= 15 is 0 Å². The van der Waals surface area contributed by atoms with Crippen LogP contribution in [0.2, 0.25) is 10.0 Å². The smallest absolute Gasteiger partial charge is 0.260 e. The summed E-state index contributed by atoms with van der Waals surface area (Å²) in [5, 5.41) is 11.2. The van der Waals surface area contributed by atoms with E-state index in [-0.39, 0.29) is 47.5 Å². The van der Waals surface area contributed by atoms with Crippen molar-refractivity contribution in [1.82, 2.24) is 24.6 Å². The first-order chi connectivity index (χ1) is 44.1. The second kappa shape index (κ2) is 28.9. The summed E-state index contributed by atoms with van der Waals surface area (Å²) in [7, 11) is 0. The third-order valence-corrected chi connectivity index (χ3v) is 18.6. The molecule has 6 aromatic carbocycles. The van der Waals surface area contributed by atoms with Crippen LogP contribution in [0.25, 0.3) is 5.69 Å². The predicted octanol–water partition coefficient (Wildman–Crippen LogP) is 15.5. The van der Waals surface area contributed by atoms with Crippen molar-refractivity contribution in [2.75, 3.05) is 46.2 Å². The fraction of sp³-hybridized carbons (Fsp3) is 0.307. The van der Waals surface area contributed by atoms with E-state index in [1.54, 1.807) is 28.9 Å². The second-order valence-corrected chi connectivity index (χ2v) is 25.5. The number of rotatable bonds is 10. The zero-order valence-electron chi connectivity index (χ0n) is 52.4. The molecule has 14 nitrogen and oxygen atoms in total. The number of halogens is 2. The first-order valence-electron chi connectivity index (χ1n) is 31.8. The quantitative estimate of drug-likeness (QED) is 0.139. The number of likely N-dealkylation sites (tertiary alicyclic amines) is 1. The van der Waals surface area contributed by atoms with Crippen LogP contribution >= 0.6 is 23.2 Å². The van der Waals surface area contributed by atoms with Gasteiger partial charge < -0.3 is 34.8 Å². The zero-order chi connectivity index (χ0) is 63.7. The average molecular weight is 1260 g/mol. The monoisotopic (exact) mass is 1260 g/mol. The lowest BCUT2D eigenvalue weighted by atomic mass is 9.83. The Balaban J connectivity index is 0.000000140. The molecule has 4 atom stereocenters. The van der Waals surface area contributed by atoms with Gasteiger partial charge in [0.05, 0.1) is 45.1 Å². The molecule has 8 aromatic rings. The number of nitrogens with one attached hydrogen (secondary N) is 2. The Labute approximate surface area is 544 Å². The van der Waals surface area contributed by atoms with Crippen LogP contribution < -0.4 is 25.3 Å². The van der Waals surface area contributed by atoms with E-state index in [1.165, 1.54) is 12.8 Å². The van der Waals surface area contributed by atoms with Gasteiger partial charge in [0.25, 0.3) is 23.6 Å². The Morgan fingerprint density at radius 2 is 1.29 bits per heavy atom. The van der Waals surface area contributed by atoms with Crippen molar-refractivity contribution >= 4 is 75.5 Å². The SMILES string of the molecule is CC(C)NC(=O)C[C@H]1CCCN(C(=O)c2ccc(N3CCCC3)cc2Cl)c2ccccc21.Cc1ccccc1C(=O)Nc1ccc(C(=O)N2CCCC(C)C3C=CC=CC32)cc1.Cc1ccn(-c2ccc(C(=O)N3Cc4cccn4Cc4ccccc43)c(Cl)c2)n1. The van der Waals surface area contributed by atoms with Crippen molar-refractivity contribution in [3.05, 3.63) is 249 Å². The number of carbonyl (C=O) groups excluding carboxylic acids is 5. The Hall–Kier alpha value is -8.98. The highest BCUT2D eigenvalue weighted by molar-refractivity contribution is 6.35. The van der Waals surface area contributed by atoms with Crippen molar-refractivity contribution in [2.24, 2.45) is 11.8 Å². The molecule has 3 unspecified atom stereocenters. The molecule has 468 valence electrons. The van der Waals surface area contributed by atoms with Gasteiger partial charge in [0.15, 0.2) is 0 Å². The van der Waals surface area contributed by atoms with Gasteiger partial charge in [-0.2, -0.15) is 5.10 Å². The Kier molecular flexibility index (Phi) is 20.2. The van der Waals surface area contributed by atoms with E-state index in [4.69, 9.17) is 23.2 Å². The first-order valence-corrected chi connectivity index (χ1v) is 32.6. The van der Waals surface area contributed by atoms with Crippen LogP contribution in [0.1, 0.15) is 141 Å². The lowest BCUT2D eigenvalue weighted by molar-refractivity contribution is -0.122. The maximum absolute atomic E-state index is 13.6. The van der Waals surface area contributed by atoms with Crippen molar-refractivity contribution in [2.45, 2.75) is 111 Å². The predicted molar refractivity (Wildman–Crippen MR) is 365 cm³/mol. The molecule has 16 heteroatoms. The topological polar surface area (TPSA) is 145 Å². The number of amides is 5. The summed E-state index contributed by atoms with van der Waals surface area (Å²) < 4.78 is 3.93. The van der Waals surface area contributed by atoms with E-state index in [0.717, 1.165) is 103 Å². The Morgan fingerprint density at radius 1 is 0.615 bits per heavy atom. The second-order valence-electron chi connectivity index (χ2n) is 24.7. The number of carbonyl (C=O) groups is 5. The number of benzene rings is 6. The molecule has 2 aromatic heterocycles. The molecule has 5 aliphatic rings. The van der Waals surface area contributed by atoms with Gasteiger partial charge in [-0.05, 0) is 192 Å². The maximum atomic E-state index is 13.6. The fourth-order valence-electron chi connectivity index (χ4n) is 13.2. The first kappa shape index (κ1) is 63.6. The molecule has 5 amide bonds. The van der Waals surface area contributed by atoms with Gasteiger partial charge in [-0.25, -0.2) is 4.68 Å². The molecule has 0 saturated carbocycles. The number of nitrogens with zero attached hydrogens (tertiary/aromatic N) is 7. The van der Waals surface area contributed by atoms with Crippen LogP contribution in [-0.2, 0) is 17.9 Å². The minimum absolute atomic E-state index is 0.0517. The van der Waals surface area contributed by atoms with Crippen molar-refractivity contribution in [3.8, 4) is 5.69 Å². The van der Waals surface area contributed by atoms with Gasteiger partial charge >= 0.3 is 0 Å². The summed E-state index contributed by atoms with van der Waals surface area (Å²) in [5.74, 6) is 0.799. The summed E-state index contributed by atoms with van der Waals surface area (Å²) in [6, 6.07) is 48.2. The molecular weight excluding hydrogens is 1180 g/mol. The molecular formula is C75H79Cl2N9O5. The summed E-state index contributed by atoms with van der Waals surface area (Å²) >= 11 is 13.2. The Morgan fingerprint density at radius 3 is 2.01 bits per heavy atom. The number of hydrogen-bond acceptors (Lipinski definition) is 7. The van der Waals surface area contributed by atoms with Crippen molar-refractivity contribution in [3.63, 3.8) is 0 Å². The van der Waals surface area contributed by atoms with Gasteiger partial charge in [0.1, 0.15) is 0 Å². The van der Waals surface area contributed by atoms with Crippen molar-refractivity contribution in [1.29, 1.82) is 0 Å². The summed E-state index contributed by atoms with van der Waals surface area (Å²) in [6.07, 6.45) is 19.1. The Bertz CT molecular complexity index is 4010. The van der Waals surface area contributed by atoms with Gasteiger partial charge in [-0.3, -0.25) is 24.0 Å². The molecule has 0 bridgehead atoms. The van der Waals surface area contributed by atoms with Gasteiger partial charge in [0, 0.05) is 103 Å². The number of anilines is 4. The minimum atomic E-state index is -0.143. The maximum Gasteiger partial charge on any atom is 0.260 e. The van der Waals surface area contributed by atoms with Crippen molar-refractivity contribution < 1.29 is 24.0 Å². The number of hydrogen-bond donors (Lipinski definition) is 2. The van der Waals surface area contributed by atoms with Crippen LogP contribution in [0, 0.1) is 25.7 Å².